The van der Waals surface area contributed by atoms with E-state index in [-0.39, 0.29) is 12.3 Å². The van der Waals surface area contributed by atoms with Crippen molar-refractivity contribution in [3.05, 3.63) is 59.7 Å². The minimum Gasteiger partial charge on any atom is -0.496 e. The fraction of sp³-hybridized carbons (Fsp3) is 0.200. The molecule has 0 spiro atoms. The van der Waals surface area contributed by atoms with Gasteiger partial charge in [-0.1, -0.05) is 18.2 Å². The lowest BCUT2D eigenvalue weighted by molar-refractivity contribution is 0.199. The summed E-state index contributed by atoms with van der Waals surface area (Å²) in [7, 11) is 1.53. The normalized spacial score (nSPS) is 12.0. The van der Waals surface area contributed by atoms with E-state index < -0.39 is 17.7 Å². The van der Waals surface area contributed by atoms with Crippen LogP contribution in [0.25, 0.3) is 0 Å². The molecule has 0 aliphatic carbocycles. The van der Waals surface area contributed by atoms with Crippen LogP contribution in [0.15, 0.2) is 42.5 Å². The lowest BCUT2D eigenvalue weighted by Crippen LogP contribution is -2.19. The zero-order valence-corrected chi connectivity index (χ0v) is 11.0. The fourth-order valence-corrected chi connectivity index (χ4v) is 1.90. The smallest absolute Gasteiger partial charge is 0.168 e. The molecule has 20 heavy (non-hydrogen) atoms. The molecule has 0 fully saturated rings. The first-order valence-corrected chi connectivity index (χ1v) is 6.10. The van der Waals surface area contributed by atoms with Crippen LogP contribution in [-0.4, -0.2) is 13.7 Å². The summed E-state index contributed by atoms with van der Waals surface area (Å²) in [5.74, 6) is -0.868. The maximum absolute atomic E-state index is 13.6. The van der Waals surface area contributed by atoms with Gasteiger partial charge in [0.25, 0.3) is 0 Å². The van der Waals surface area contributed by atoms with E-state index in [1.165, 1.54) is 13.2 Å². The summed E-state index contributed by atoms with van der Waals surface area (Å²) in [6.07, 6.45) is -0.578. The predicted molar refractivity (Wildman–Crippen MR) is 71.8 cm³/mol. The van der Waals surface area contributed by atoms with Crippen LogP contribution in [0.3, 0.4) is 0 Å². The van der Waals surface area contributed by atoms with Gasteiger partial charge in [-0.15, -0.1) is 0 Å². The minimum absolute atomic E-state index is 0.0484. The van der Waals surface area contributed by atoms with Gasteiger partial charge in [0.1, 0.15) is 17.7 Å². The Bertz CT molecular complexity index is 590. The second kappa shape index (κ2) is 6.34. The monoisotopic (exact) mass is 279 g/mol. The molecule has 5 heteroatoms. The molecular formula is C15H15F2NO2. The summed E-state index contributed by atoms with van der Waals surface area (Å²) >= 11 is 0. The van der Waals surface area contributed by atoms with Crippen LogP contribution in [0.5, 0.6) is 11.5 Å². The van der Waals surface area contributed by atoms with E-state index in [9.17, 15) is 8.78 Å². The molecule has 2 rings (SSSR count). The first kappa shape index (κ1) is 14.3. The quantitative estimate of drug-likeness (QED) is 0.915. The number of nitrogens with two attached hydrogens (primary N) is 1. The highest BCUT2D eigenvalue weighted by molar-refractivity contribution is 5.36. The standard InChI is InChI=1S/C15H15F2NO2/c1-19-13-5-3-2-4-11(13)15(9-18)20-14-7-6-10(16)8-12(14)17/h2-8,15H,9,18H2,1H3. The zero-order chi connectivity index (χ0) is 14.5. The highest BCUT2D eigenvalue weighted by Gasteiger charge is 2.18. The maximum atomic E-state index is 13.6. The van der Waals surface area contributed by atoms with Crippen LogP contribution in [0.4, 0.5) is 8.78 Å². The van der Waals surface area contributed by atoms with Crippen molar-refractivity contribution in [2.24, 2.45) is 5.73 Å². The summed E-state index contributed by atoms with van der Waals surface area (Å²) in [5, 5.41) is 0. The van der Waals surface area contributed by atoms with Crippen molar-refractivity contribution < 1.29 is 18.3 Å². The first-order chi connectivity index (χ1) is 9.65. The van der Waals surface area contributed by atoms with Gasteiger partial charge >= 0.3 is 0 Å². The number of methoxy groups -OCH3 is 1. The van der Waals surface area contributed by atoms with E-state index in [0.717, 1.165) is 12.1 Å². The molecule has 0 heterocycles. The van der Waals surface area contributed by atoms with Gasteiger partial charge in [-0.3, -0.25) is 0 Å². The fourth-order valence-electron chi connectivity index (χ4n) is 1.90. The first-order valence-electron chi connectivity index (χ1n) is 6.10. The highest BCUT2D eigenvalue weighted by Crippen LogP contribution is 2.29. The molecule has 2 aromatic carbocycles. The summed E-state index contributed by atoms with van der Waals surface area (Å²) in [4.78, 5) is 0. The predicted octanol–water partition coefficient (Wildman–Crippen LogP) is 3.05. The van der Waals surface area contributed by atoms with Gasteiger partial charge in [0.2, 0.25) is 0 Å². The van der Waals surface area contributed by atoms with Gasteiger partial charge in [-0.2, -0.15) is 0 Å². The van der Waals surface area contributed by atoms with Crippen molar-refractivity contribution in [3.63, 3.8) is 0 Å². The molecular weight excluding hydrogens is 264 g/mol. The molecule has 2 N–H and O–H groups in total. The van der Waals surface area contributed by atoms with E-state index in [4.69, 9.17) is 15.2 Å². The number of rotatable bonds is 5. The molecule has 106 valence electrons. The molecule has 1 atom stereocenters. The van der Waals surface area contributed by atoms with Gasteiger partial charge in [0.15, 0.2) is 11.6 Å². The molecule has 3 nitrogen and oxygen atoms in total. The van der Waals surface area contributed by atoms with Crippen LogP contribution in [0.2, 0.25) is 0 Å². The van der Waals surface area contributed by atoms with Gasteiger partial charge in [0, 0.05) is 18.2 Å². The van der Waals surface area contributed by atoms with Crippen LogP contribution in [0, 0.1) is 11.6 Å². The third-order valence-corrected chi connectivity index (χ3v) is 2.86. The Morgan fingerprint density at radius 2 is 1.85 bits per heavy atom. The Morgan fingerprint density at radius 1 is 1.10 bits per heavy atom. The number of para-hydroxylation sites is 1. The van der Waals surface area contributed by atoms with E-state index in [2.05, 4.69) is 0 Å². The van der Waals surface area contributed by atoms with Crippen molar-refractivity contribution in [1.29, 1.82) is 0 Å². The Morgan fingerprint density at radius 3 is 2.50 bits per heavy atom. The Balaban J connectivity index is 2.29. The molecule has 2 aromatic rings. The van der Waals surface area contributed by atoms with Gasteiger partial charge in [-0.05, 0) is 18.2 Å². The lowest BCUT2D eigenvalue weighted by Gasteiger charge is -2.20. The Labute approximate surface area is 115 Å². The average molecular weight is 279 g/mol. The third-order valence-electron chi connectivity index (χ3n) is 2.86. The van der Waals surface area contributed by atoms with Crippen LogP contribution in [-0.2, 0) is 0 Å². The zero-order valence-electron chi connectivity index (χ0n) is 11.0. The minimum atomic E-state index is -0.765. The number of ether oxygens (including phenoxy) is 2. The molecule has 0 aromatic heterocycles. The number of hydrogen-bond acceptors (Lipinski definition) is 3. The average Bonchev–Trinajstić information content (AvgIpc) is 2.46. The summed E-state index contributed by atoms with van der Waals surface area (Å²) in [6, 6.07) is 10.3. The van der Waals surface area contributed by atoms with Crippen molar-refractivity contribution in [3.8, 4) is 11.5 Å². The number of halogens is 2. The van der Waals surface area contributed by atoms with Gasteiger partial charge < -0.3 is 15.2 Å². The van der Waals surface area contributed by atoms with Gasteiger partial charge in [0.05, 0.1) is 7.11 Å². The number of hydrogen-bond donors (Lipinski definition) is 1. The van der Waals surface area contributed by atoms with E-state index in [0.29, 0.717) is 11.3 Å². The second-order valence-corrected chi connectivity index (χ2v) is 4.16. The van der Waals surface area contributed by atoms with Crippen molar-refractivity contribution in [1.82, 2.24) is 0 Å². The Hall–Kier alpha value is -2.14. The van der Waals surface area contributed by atoms with Gasteiger partial charge in [-0.25, -0.2) is 8.78 Å². The van der Waals surface area contributed by atoms with E-state index in [1.54, 1.807) is 12.1 Å². The molecule has 0 amide bonds. The van der Waals surface area contributed by atoms with Crippen LogP contribution in [0.1, 0.15) is 11.7 Å². The molecule has 0 aliphatic rings. The largest absolute Gasteiger partial charge is 0.496 e. The Kier molecular flexibility index (Phi) is 4.53. The van der Waals surface area contributed by atoms with Crippen molar-refractivity contribution >= 4 is 0 Å². The summed E-state index contributed by atoms with van der Waals surface area (Å²) < 4.78 is 37.2. The SMILES string of the molecule is COc1ccccc1C(CN)Oc1ccc(F)cc1F. The molecule has 1 unspecified atom stereocenters. The maximum Gasteiger partial charge on any atom is 0.168 e. The third kappa shape index (κ3) is 3.05. The molecule has 0 saturated heterocycles. The highest BCUT2D eigenvalue weighted by atomic mass is 19.1. The summed E-state index contributed by atoms with van der Waals surface area (Å²) in [6.45, 7) is 0.136. The lowest BCUT2D eigenvalue weighted by atomic mass is 10.1. The topological polar surface area (TPSA) is 44.5 Å². The number of benzene rings is 2. The molecule has 0 aliphatic heterocycles. The molecule has 0 bridgehead atoms. The van der Waals surface area contributed by atoms with E-state index in [1.807, 2.05) is 12.1 Å². The molecule has 0 saturated carbocycles. The van der Waals surface area contributed by atoms with Crippen LogP contribution < -0.4 is 15.2 Å². The summed E-state index contributed by atoms with van der Waals surface area (Å²) in [5.41, 5.74) is 6.39. The van der Waals surface area contributed by atoms with Crippen molar-refractivity contribution in [2.75, 3.05) is 13.7 Å². The second-order valence-electron chi connectivity index (χ2n) is 4.16. The van der Waals surface area contributed by atoms with E-state index >= 15 is 0 Å². The van der Waals surface area contributed by atoms with Crippen molar-refractivity contribution in [2.45, 2.75) is 6.10 Å². The van der Waals surface area contributed by atoms with Crippen LogP contribution >= 0.6 is 0 Å². The molecule has 0 radical (unpaired) electrons.